The number of hydrogen-bond acceptors (Lipinski definition) is 4. The maximum atomic E-state index is 11.8. The van der Waals surface area contributed by atoms with Gasteiger partial charge in [-0.1, -0.05) is 6.92 Å². The molecule has 18 heavy (non-hydrogen) atoms. The first-order valence-corrected chi connectivity index (χ1v) is 5.59. The summed E-state index contributed by atoms with van der Waals surface area (Å²) in [5.41, 5.74) is -1.33. The van der Waals surface area contributed by atoms with Crippen LogP contribution in [0.5, 0.6) is 5.88 Å². The van der Waals surface area contributed by atoms with E-state index in [1.807, 2.05) is 0 Å². The van der Waals surface area contributed by atoms with Crippen LogP contribution in [0.1, 0.15) is 25.5 Å². The van der Waals surface area contributed by atoms with Gasteiger partial charge in [-0.3, -0.25) is 19.1 Å². The molecule has 0 aliphatic heterocycles. The lowest BCUT2D eigenvalue weighted by Crippen LogP contribution is -2.39. The highest BCUT2D eigenvalue weighted by molar-refractivity contribution is 5.79. The number of likely N-dealkylation sites (N-methyl/N-ethyl adjacent to an activating group) is 1. The third kappa shape index (κ3) is 2.29. The van der Waals surface area contributed by atoms with Gasteiger partial charge in [0.2, 0.25) is 11.8 Å². The number of amides is 1. The van der Waals surface area contributed by atoms with E-state index in [1.54, 1.807) is 21.0 Å². The van der Waals surface area contributed by atoms with Crippen LogP contribution in [0.2, 0.25) is 0 Å². The molecule has 0 aromatic carbocycles. The summed E-state index contributed by atoms with van der Waals surface area (Å²) in [6.45, 7) is 3.17. The quantitative estimate of drug-likeness (QED) is 0.757. The molecular formula is C11H17N3O4. The summed E-state index contributed by atoms with van der Waals surface area (Å²) in [6.07, 6.45) is 0.268. The first kappa shape index (κ1) is 14.0. The Labute approximate surface area is 104 Å². The van der Waals surface area contributed by atoms with Gasteiger partial charge in [-0.15, -0.1) is 0 Å². The van der Waals surface area contributed by atoms with Gasteiger partial charge in [-0.25, -0.2) is 4.79 Å². The number of carbonyl (C=O) groups excluding carboxylic acids is 1. The van der Waals surface area contributed by atoms with E-state index in [2.05, 4.69) is 4.98 Å². The Morgan fingerprint density at radius 1 is 1.44 bits per heavy atom. The van der Waals surface area contributed by atoms with Crippen molar-refractivity contribution < 1.29 is 9.90 Å². The largest absolute Gasteiger partial charge is 0.494 e. The predicted molar refractivity (Wildman–Crippen MR) is 65.8 cm³/mol. The van der Waals surface area contributed by atoms with Gasteiger partial charge < -0.3 is 10.0 Å². The maximum Gasteiger partial charge on any atom is 0.331 e. The molecule has 1 aromatic heterocycles. The molecule has 0 aliphatic rings. The molecule has 7 heteroatoms. The zero-order chi connectivity index (χ0) is 14.0. The molecule has 0 bridgehead atoms. The SMILES string of the molecule is CCc1c(O)n(C(C)C(=O)N(C)C)c(=O)[nH]c1=O. The van der Waals surface area contributed by atoms with E-state index in [1.165, 1.54) is 11.8 Å². The molecule has 0 spiro atoms. The fraction of sp³-hybridized carbons (Fsp3) is 0.545. The van der Waals surface area contributed by atoms with Crippen molar-refractivity contribution in [1.29, 1.82) is 0 Å². The molecule has 0 aliphatic carbocycles. The normalized spacial score (nSPS) is 12.2. The van der Waals surface area contributed by atoms with E-state index in [0.29, 0.717) is 0 Å². The Kier molecular flexibility index (Phi) is 3.95. The van der Waals surface area contributed by atoms with Crippen molar-refractivity contribution in [3.05, 3.63) is 26.4 Å². The Morgan fingerprint density at radius 3 is 2.44 bits per heavy atom. The predicted octanol–water partition coefficient (Wildman–Crippen LogP) is -0.546. The van der Waals surface area contributed by atoms with Gasteiger partial charge in [-0.05, 0) is 13.3 Å². The molecule has 0 saturated carbocycles. The van der Waals surface area contributed by atoms with Crippen LogP contribution in [0, 0.1) is 0 Å². The zero-order valence-corrected chi connectivity index (χ0v) is 10.9. The number of aromatic hydroxyl groups is 1. The molecular weight excluding hydrogens is 238 g/mol. The topological polar surface area (TPSA) is 95.4 Å². The van der Waals surface area contributed by atoms with Crippen LogP contribution in [0.15, 0.2) is 9.59 Å². The maximum absolute atomic E-state index is 11.8. The number of hydrogen-bond donors (Lipinski definition) is 2. The van der Waals surface area contributed by atoms with Gasteiger partial charge in [-0.2, -0.15) is 0 Å². The van der Waals surface area contributed by atoms with Gasteiger partial charge in [0.15, 0.2) is 0 Å². The van der Waals surface area contributed by atoms with Crippen molar-refractivity contribution in [3.63, 3.8) is 0 Å². The average molecular weight is 255 g/mol. The molecule has 0 radical (unpaired) electrons. The van der Waals surface area contributed by atoms with Gasteiger partial charge in [0.25, 0.3) is 5.56 Å². The van der Waals surface area contributed by atoms with Crippen LogP contribution < -0.4 is 11.2 Å². The molecule has 0 saturated heterocycles. The van der Waals surface area contributed by atoms with E-state index in [-0.39, 0.29) is 17.9 Å². The van der Waals surface area contributed by atoms with Crippen LogP contribution >= 0.6 is 0 Å². The molecule has 1 heterocycles. The van der Waals surface area contributed by atoms with Crippen LogP contribution in [0.3, 0.4) is 0 Å². The van der Waals surface area contributed by atoms with Crippen molar-refractivity contribution in [3.8, 4) is 5.88 Å². The third-order valence-corrected chi connectivity index (χ3v) is 2.75. The molecule has 1 amide bonds. The second kappa shape index (κ2) is 5.07. The van der Waals surface area contributed by atoms with Crippen molar-refractivity contribution in [1.82, 2.24) is 14.5 Å². The molecule has 100 valence electrons. The smallest absolute Gasteiger partial charge is 0.331 e. The second-order valence-electron chi connectivity index (χ2n) is 4.19. The van der Waals surface area contributed by atoms with E-state index in [9.17, 15) is 19.5 Å². The Morgan fingerprint density at radius 2 is 2.00 bits per heavy atom. The van der Waals surface area contributed by atoms with Crippen molar-refractivity contribution in [2.75, 3.05) is 14.1 Å². The number of nitrogens with one attached hydrogen (secondary N) is 1. The Hall–Kier alpha value is -2.05. The summed E-state index contributed by atoms with van der Waals surface area (Å²) in [4.78, 5) is 38.3. The molecule has 2 N–H and O–H groups in total. The van der Waals surface area contributed by atoms with Gasteiger partial charge in [0, 0.05) is 14.1 Å². The van der Waals surface area contributed by atoms with Crippen molar-refractivity contribution in [2.24, 2.45) is 0 Å². The van der Waals surface area contributed by atoms with Crippen LogP contribution in [-0.4, -0.2) is 39.6 Å². The summed E-state index contributed by atoms with van der Waals surface area (Å²) < 4.78 is 0.891. The molecule has 1 unspecified atom stereocenters. The van der Waals surface area contributed by atoms with E-state index < -0.39 is 23.2 Å². The second-order valence-corrected chi connectivity index (χ2v) is 4.19. The molecule has 1 atom stereocenters. The first-order chi connectivity index (χ1) is 8.31. The number of aromatic amines is 1. The highest BCUT2D eigenvalue weighted by Gasteiger charge is 2.23. The fourth-order valence-corrected chi connectivity index (χ4v) is 1.74. The minimum atomic E-state index is -0.880. The van der Waals surface area contributed by atoms with Gasteiger partial charge in [0.1, 0.15) is 6.04 Å². The van der Waals surface area contributed by atoms with E-state index >= 15 is 0 Å². The summed E-state index contributed by atoms with van der Waals surface area (Å²) in [6, 6.07) is -0.880. The van der Waals surface area contributed by atoms with E-state index in [4.69, 9.17) is 0 Å². The molecule has 1 aromatic rings. The minimum absolute atomic E-state index is 0.0907. The van der Waals surface area contributed by atoms with E-state index in [0.717, 1.165) is 4.57 Å². The first-order valence-electron chi connectivity index (χ1n) is 5.59. The molecule has 1 rings (SSSR count). The van der Waals surface area contributed by atoms with Gasteiger partial charge in [0.05, 0.1) is 5.56 Å². The fourth-order valence-electron chi connectivity index (χ4n) is 1.74. The van der Waals surface area contributed by atoms with Crippen LogP contribution in [0.4, 0.5) is 0 Å². The summed E-state index contributed by atoms with van der Waals surface area (Å²) in [5, 5.41) is 9.92. The summed E-state index contributed by atoms with van der Waals surface area (Å²) in [7, 11) is 3.10. The number of carbonyl (C=O) groups is 1. The standard InChI is InChI=1S/C11H17N3O4/c1-5-7-8(15)12-11(18)14(10(7)17)6(2)9(16)13(3)4/h6,17H,5H2,1-4H3,(H,12,15,18). The lowest BCUT2D eigenvalue weighted by molar-refractivity contribution is -0.131. The average Bonchev–Trinajstić information content (AvgIpc) is 2.27. The molecule has 0 fully saturated rings. The highest BCUT2D eigenvalue weighted by Crippen LogP contribution is 2.17. The number of rotatable bonds is 3. The van der Waals surface area contributed by atoms with Crippen molar-refractivity contribution in [2.45, 2.75) is 26.3 Å². The Balaban J connectivity index is 3.47. The molecule has 7 nitrogen and oxygen atoms in total. The highest BCUT2D eigenvalue weighted by atomic mass is 16.3. The number of aromatic nitrogens is 2. The summed E-state index contributed by atoms with van der Waals surface area (Å²) in [5.74, 6) is -0.796. The minimum Gasteiger partial charge on any atom is -0.494 e. The van der Waals surface area contributed by atoms with Gasteiger partial charge >= 0.3 is 5.69 Å². The van der Waals surface area contributed by atoms with Crippen molar-refractivity contribution >= 4 is 5.91 Å². The lowest BCUT2D eigenvalue weighted by Gasteiger charge is -2.20. The lowest BCUT2D eigenvalue weighted by atomic mass is 10.2. The number of H-pyrrole nitrogens is 1. The summed E-state index contributed by atoms with van der Waals surface area (Å²) >= 11 is 0. The third-order valence-electron chi connectivity index (χ3n) is 2.75. The monoisotopic (exact) mass is 255 g/mol. The number of nitrogens with zero attached hydrogens (tertiary/aromatic N) is 2. The Bertz CT molecular complexity index is 571. The van der Waals surface area contributed by atoms with Crippen LogP contribution in [-0.2, 0) is 11.2 Å². The zero-order valence-electron chi connectivity index (χ0n) is 10.9. The van der Waals surface area contributed by atoms with Crippen LogP contribution in [0.25, 0.3) is 0 Å².